The number of benzene rings is 4. The molecule has 0 amide bonds. The number of carbonyl (C=O) groups excluding carboxylic acids is 1. The van der Waals surface area contributed by atoms with Crippen molar-refractivity contribution in [2.24, 2.45) is 5.92 Å². The van der Waals surface area contributed by atoms with E-state index in [0.29, 0.717) is 16.9 Å². The predicted octanol–water partition coefficient (Wildman–Crippen LogP) is 4.64. The van der Waals surface area contributed by atoms with E-state index in [4.69, 9.17) is 47.4 Å². The first kappa shape index (κ1) is 37.2. The van der Waals surface area contributed by atoms with Crippen LogP contribution < -0.4 is 18.9 Å². The van der Waals surface area contributed by atoms with Gasteiger partial charge >= 0.3 is 5.97 Å². The Labute approximate surface area is 318 Å². The highest BCUT2D eigenvalue weighted by atomic mass is 16.8. The molecule has 4 aromatic carbocycles. The van der Waals surface area contributed by atoms with E-state index < -0.39 is 66.2 Å². The number of esters is 1. The Morgan fingerprint density at radius 3 is 2.16 bits per heavy atom. The van der Waals surface area contributed by atoms with Gasteiger partial charge in [-0.2, -0.15) is 0 Å². The predicted molar refractivity (Wildman–Crippen MR) is 194 cm³/mol. The van der Waals surface area contributed by atoms with Gasteiger partial charge in [0.15, 0.2) is 17.5 Å². The minimum absolute atomic E-state index is 0.137. The lowest BCUT2D eigenvalue weighted by Gasteiger charge is -2.40. The van der Waals surface area contributed by atoms with Gasteiger partial charge in [-0.3, -0.25) is 4.79 Å². The first-order valence-corrected chi connectivity index (χ1v) is 18.1. The van der Waals surface area contributed by atoms with Crippen LogP contribution in [0.2, 0.25) is 0 Å². The van der Waals surface area contributed by atoms with Crippen LogP contribution in [0.5, 0.6) is 23.0 Å². The van der Waals surface area contributed by atoms with Gasteiger partial charge in [-0.1, -0.05) is 72.3 Å². The van der Waals surface area contributed by atoms with Crippen LogP contribution in [0, 0.1) is 12.8 Å². The monoisotopic (exact) mass is 756 g/mol. The smallest absolute Gasteiger partial charge is 0.312 e. The first-order chi connectivity index (χ1) is 26.7. The molecule has 10 atom stereocenters. The van der Waals surface area contributed by atoms with Crippen molar-refractivity contribution in [2.75, 3.05) is 41.7 Å². The van der Waals surface area contributed by atoms with Crippen LogP contribution in [0.1, 0.15) is 40.0 Å². The van der Waals surface area contributed by atoms with E-state index in [0.717, 1.165) is 11.1 Å². The van der Waals surface area contributed by atoms with Gasteiger partial charge in [-0.05, 0) is 30.2 Å². The third-order valence-corrected chi connectivity index (χ3v) is 11.1. The van der Waals surface area contributed by atoms with Crippen LogP contribution in [0.3, 0.4) is 0 Å². The fraction of sp³-hybridized carbons (Fsp3) is 0.405. The van der Waals surface area contributed by atoms with Gasteiger partial charge in [0, 0.05) is 30.7 Å². The van der Waals surface area contributed by atoms with Crippen LogP contribution >= 0.6 is 0 Å². The van der Waals surface area contributed by atoms with Crippen molar-refractivity contribution in [1.29, 1.82) is 0 Å². The molecule has 0 bridgehead atoms. The highest BCUT2D eigenvalue weighted by Crippen LogP contribution is 2.70. The van der Waals surface area contributed by atoms with Crippen LogP contribution in [0.4, 0.5) is 0 Å². The SMILES string of the molecule is COC(=O)[C@H]1[C@@H](O)[C@@]2(O)c3c(OC)cc(OC4O[C@@H]([C@H]5COC(c6ccc(C)cc6)O5)CO[C@H]4OC)cc3O[C@@]2(c2ccc(OC)cc2)[C@@H]1c1ccccc1. The van der Waals surface area contributed by atoms with Crippen molar-refractivity contribution in [3.63, 3.8) is 0 Å². The normalized spacial score (nSPS) is 32.3. The van der Waals surface area contributed by atoms with Crippen molar-refractivity contribution in [2.45, 2.75) is 61.2 Å². The van der Waals surface area contributed by atoms with E-state index >= 15 is 0 Å². The van der Waals surface area contributed by atoms with E-state index in [9.17, 15) is 15.0 Å². The molecule has 2 saturated heterocycles. The number of rotatable bonds is 10. The lowest BCUT2D eigenvalue weighted by Crippen LogP contribution is -2.52. The summed E-state index contributed by atoms with van der Waals surface area (Å²) >= 11 is 0. The second kappa shape index (κ2) is 14.7. The molecule has 13 nitrogen and oxygen atoms in total. The van der Waals surface area contributed by atoms with Crippen LogP contribution in [-0.2, 0) is 44.4 Å². The maximum atomic E-state index is 13.6. The quantitative estimate of drug-likeness (QED) is 0.217. The Morgan fingerprint density at radius 1 is 0.782 bits per heavy atom. The minimum Gasteiger partial charge on any atom is -0.497 e. The van der Waals surface area contributed by atoms with Gasteiger partial charge in [-0.15, -0.1) is 0 Å². The summed E-state index contributed by atoms with van der Waals surface area (Å²) in [4.78, 5) is 13.6. The Kier molecular flexibility index (Phi) is 9.97. The van der Waals surface area contributed by atoms with Gasteiger partial charge in [0.25, 0.3) is 6.29 Å². The molecule has 3 fully saturated rings. The van der Waals surface area contributed by atoms with E-state index in [1.807, 2.05) is 61.5 Å². The number of hydrogen-bond acceptors (Lipinski definition) is 13. The van der Waals surface area contributed by atoms with Gasteiger partial charge in [0.2, 0.25) is 6.29 Å². The van der Waals surface area contributed by atoms with E-state index in [-0.39, 0.29) is 36.0 Å². The van der Waals surface area contributed by atoms with E-state index in [2.05, 4.69) is 0 Å². The molecule has 290 valence electrons. The lowest BCUT2D eigenvalue weighted by molar-refractivity contribution is -0.323. The van der Waals surface area contributed by atoms with Crippen molar-refractivity contribution in [3.8, 4) is 23.0 Å². The number of methoxy groups -OCH3 is 4. The Hall–Kier alpha value is -4.73. The molecule has 3 aliphatic heterocycles. The number of aliphatic hydroxyl groups excluding tert-OH is 1. The molecular weight excluding hydrogens is 712 g/mol. The summed E-state index contributed by atoms with van der Waals surface area (Å²) in [7, 11) is 5.71. The fourth-order valence-electron chi connectivity index (χ4n) is 8.50. The molecule has 4 aliphatic rings. The molecule has 0 aromatic heterocycles. The summed E-state index contributed by atoms with van der Waals surface area (Å²) in [5, 5.41) is 25.4. The number of carbonyl (C=O) groups is 1. The summed E-state index contributed by atoms with van der Waals surface area (Å²) in [6.07, 6.45) is -5.25. The van der Waals surface area contributed by atoms with Crippen molar-refractivity contribution < 1.29 is 62.4 Å². The van der Waals surface area contributed by atoms with Gasteiger partial charge in [0.1, 0.15) is 41.3 Å². The summed E-state index contributed by atoms with van der Waals surface area (Å²) in [6, 6.07) is 27.2. The second-order valence-corrected chi connectivity index (χ2v) is 14.1. The van der Waals surface area contributed by atoms with E-state index in [1.165, 1.54) is 21.3 Å². The zero-order valence-electron chi connectivity index (χ0n) is 31.1. The Morgan fingerprint density at radius 2 is 1.49 bits per heavy atom. The molecule has 2 unspecified atom stereocenters. The molecule has 0 radical (unpaired) electrons. The average Bonchev–Trinajstić information content (AvgIpc) is 3.87. The summed E-state index contributed by atoms with van der Waals surface area (Å²) in [5.41, 5.74) is -0.731. The number of hydrogen-bond donors (Lipinski definition) is 2. The van der Waals surface area contributed by atoms with Crippen molar-refractivity contribution >= 4 is 5.97 Å². The van der Waals surface area contributed by atoms with Crippen LogP contribution in [-0.4, -0.2) is 88.7 Å². The van der Waals surface area contributed by atoms with Gasteiger partial charge < -0.3 is 57.6 Å². The number of ether oxygens (including phenoxy) is 10. The lowest BCUT2D eigenvalue weighted by atomic mass is 9.70. The zero-order valence-corrected chi connectivity index (χ0v) is 31.1. The minimum atomic E-state index is -2.24. The number of aryl methyl sites for hydroxylation is 1. The van der Waals surface area contributed by atoms with Gasteiger partial charge in [-0.25, -0.2) is 0 Å². The molecular formula is C42H44O13. The third-order valence-electron chi connectivity index (χ3n) is 11.1. The van der Waals surface area contributed by atoms with Crippen LogP contribution in [0.15, 0.2) is 91.0 Å². The molecule has 8 rings (SSSR count). The summed E-state index contributed by atoms with van der Waals surface area (Å²) in [5.74, 6) is -1.80. The molecule has 3 heterocycles. The van der Waals surface area contributed by atoms with Crippen LogP contribution in [0.25, 0.3) is 0 Å². The zero-order chi connectivity index (χ0) is 38.5. The maximum absolute atomic E-state index is 13.6. The highest BCUT2D eigenvalue weighted by molar-refractivity contribution is 5.78. The Bertz CT molecular complexity index is 1990. The molecule has 2 N–H and O–H groups in total. The largest absolute Gasteiger partial charge is 0.497 e. The van der Waals surface area contributed by atoms with E-state index in [1.54, 1.807) is 43.5 Å². The maximum Gasteiger partial charge on any atom is 0.312 e. The molecule has 55 heavy (non-hydrogen) atoms. The summed E-state index contributed by atoms with van der Waals surface area (Å²) < 4.78 is 60.2. The average molecular weight is 757 g/mol. The third kappa shape index (κ3) is 6.02. The summed E-state index contributed by atoms with van der Waals surface area (Å²) in [6.45, 7) is 2.46. The van der Waals surface area contributed by atoms with Crippen molar-refractivity contribution in [3.05, 3.63) is 119 Å². The number of aliphatic hydroxyl groups is 2. The standard InChI is InChI=1S/C42H44O13/c1-23-11-13-25(14-12-23)38-50-21-31(53-38)32-22-51-39(49-5)40(54-32)52-28-19-29(47-3)35-30(20-28)55-42(26-15-17-27(46-2)18-16-26)34(24-9-7-6-8-10-24)33(37(44)48-4)36(43)41(35,42)45/h6-20,31-34,36,38-40,43,45H,21-22H2,1-5H3/t31-,32-,33-,34-,36-,38?,39-,40?,41+,42+/m1/s1. The molecule has 1 aliphatic carbocycles. The topological polar surface area (TPSA) is 150 Å². The molecule has 1 saturated carbocycles. The molecule has 13 heteroatoms. The first-order valence-electron chi connectivity index (χ1n) is 18.1. The number of fused-ring (bicyclic) bond motifs is 3. The molecule has 0 spiro atoms. The van der Waals surface area contributed by atoms with Gasteiger partial charge in [0.05, 0.1) is 46.0 Å². The molecule has 4 aromatic rings. The highest BCUT2D eigenvalue weighted by Gasteiger charge is 2.78. The van der Waals surface area contributed by atoms with Crippen molar-refractivity contribution in [1.82, 2.24) is 0 Å². The second-order valence-electron chi connectivity index (χ2n) is 14.1. The Balaban J connectivity index is 1.16. The fourth-order valence-corrected chi connectivity index (χ4v) is 8.50.